The van der Waals surface area contributed by atoms with Gasteiger partial charge in [0.1, 0.15) is 23.3 Å². The van der Waals surface area contributed by atoms with Crippen molar-refractivity contribution in [3.63, 3.8) is 0 Å². The number of aromatic hydroxyl groups is 1. The van der Waals surface area contributed by atoms with Crippen LogP contribution in [0.1, 0.15) is 16.2 Å². The van der Waals surface area contributed by atoms with Gasteiger partial charge in [-0.1, -0.05) is 18.2 Å². The molecule has 0 saturated carbocycles. The highest BCUT2D eigenvalue weighted by Gasteiger charge is 2.21. The Kier molecular flexibility index (Phi) is 5.57. The van der Waals surface area contributed by atoms with Gasteiger partial charge in [0.05, 0.1) is 6.54 Å². The van der Waals surface area contributed by atoms with Gasteiger partial charge in [-0.05, 0) is 30.3 Å². The first-order valence-electron chi connectivity index (χ1n) is 8.39. The maximum Gasteiger partial charge on any atom is 0.334 e. The van der Waals surface area contributed by atoms with Crippen molar-refractivity contribution >= 4 is 22.6 Å². The molecular weight excluding hydrogens is 378 g/mol. The molecule has 1 atom stereocenters. The van der Waals surface area contributed by atoms with Crippen molar-refractivity contribution in [2.24, 2.45) is 0 Å². The van der Waals surface area contributed by atoms with Crippen LogP contribution in [0.15, 0.2) is 48.5 Å². The number of carbonyl (C=O) groups excluding carboxylic acids is 1. The van der Waals surface area contributed by atoms with Crippen molar-refractivity contribution in [2.45, 2.75) is 6.10 Å². The number of benzene rings is 2. The highest BCUT2D eigenvalue weighted by atomic mass is 16.5. The van der Waals surface area contributed by atoms with Crippen LogP contribution in [0.4, 0.5) is 0 Å². The second kappa shape index (κ2) is 8.24. The number of aromatic nitrogens is 1. The van der Waals surface area contributed by atoms with Crippen molar-refractivity contribution in [2.75, 3.05) is 6.54 Å². The Hall–Kier alpha value is -4.16. The van der Waals surface area contributed by atoms with Crippen molar-refractivity contribution in [1.29, 1.82) is 5.26 Å². The van der Waals surface area contributed by atoms with Gasteiger partial charge in [-0.3, -0.25) is 4.79 Å². The number of amides is 1. The Bertz CT molecular complexity index is 1120. The number of carbonyl (C=O) groups is 2. The van der Waals surface area contributed by atoms with Crippen LogP contribution in [0.25, 0.3) is 10.8 Å². The third-order valence-corrected chi connectivity index (χ3v) is 3.99. The number of carboxylic acids is 1. The smallest absolute Gasteiger partial charge is 0.334 e. The van der Waals surface area contributed by atoms with Crippen LogP contribution in [0.5, 0.6) is 17.2 Å². The van der Waals surface area contributed by atoms with E-state index in [4.69, 9.17) is 9.84 Å². The normalized spacial score (nSPS) is 11.4. The van der Waals surface area contributed by atoms with Gasteiger partial charge in [0, 0.05) is 10.8 Å². The molecule has 0 aliphatic heterocycles. The molecule has 29 heavy (non-hydrogen) atoms. The molecule has 0 bridgehead atoms. The summed E-state index contributed by atoms with van der Waals surface area (Å²) in [5, 5.41) is 40.4. The highest BCUT2D eigenvalue weighted by Crippen LogP contribution is 2.33. The Labute approximate surface area is 164 Å². The maximum absolute atomic E-state index is 12.2. The second-order valence-electron chi connectivity index (χ2n) is 5.96. The van der Waals surface area contributed by atoms with Gasteiger partial charge < -0.3 is 25.4 Å². The van der Waals surface area contributed by atoms with Gasteiger partial charge in [0.2, 0.25) is 0 Å². The number of aliphatic hydroxyl groups excluding tert-OH is 1. The number of pyridine rings is 1. The average Bonchev–Trinajstić information content (AvgIpc) is 2.72. The van der Waals surface area contributed by atoms with Crippen molar-refractivity contribution in [1.82, 2.24) is 10.3 Å². The molecule has 3 rings (SSSR count). The topological polar surface area (TPSA) is 153 Å². The SMILES string of the molecule is N#Cc1nc(C(=O)NCC(O)C(=O)O)c(O)c2ccc(Oc3ccccc3)cc12. The third kappa shape index (κ3) is 4.23. The van der Waals surface area contributed by atoms with E-state index in [0.717, 1.165) is 0 Å². The average molecular weight is 393 g/mol. The number of aliphatic carboxylic acids is 1. The Morgan fingerprint density at radius 3 is 2.52 bits per heavy atom. The van der Waals surface area contributed by atoms with Crippen LogP contribution in [0, 0.1) is 11.3 Å². The number of rotatable bonds is 6. The summed E-state index contributed by atoms with van der Waals surface area (Å²) >= 11 is 0. The van der Waals surface area contributed by atoms with Gasteiger partial charge in [0.25, 0.3) is 5.91 Å². The molecule has 0 radical (unpaired) electrons. The lowest BCUT2D eigenvalue weighted by molar-refractivity contribution is -0.146. The minimum absolute atomic E-state index is 0.125. The molecule has 2 aromatic carbocycles. The molecule has 146 valence electrons. The van der Waals surface area contributed by atoms with E-state index in [0.29, 0.717) is 11.5 Å². The van der Waals surface area contributed by atoms with E-state index in [2.05, 4.69) is 10.3 Å². The molecule has 3 aromatic rings. The summed E-state index contributed by atoms with van der Waals surface area (Å²) in [6.45, 7) is -0.584. The molecule has 1 heterocycles. The summed E-state index contributed by atoms with van der Waals surface area (Å²) in [4.78, 5) is 26.8. The Morgan fingerprint density at radius 2 is 1.86 bits per heavy atom. The molecular formula is C20H15N3O6. The zero-order chi connectivity index (χ0) is 21.0. The first-order valence-corrected chi connectivity index (χ1v) is 8.39. The van der Waals surface area contributed by atoms with Crippen LogP contribution < -0.4 is 10.1 Å². The molecule has 4 N–H and O–H groups in total. The number of nitrogens with one attached hydrogen (secondary N) is 1. The molecule has 1 amide bonds. The summed E-state index contributed by atoms with van der Waals surface area (Å²) in [7, 11) is 0. The Morgan fingerprint density at radius 1 is 1.14 bits per heavy atom. The fraction of sp³-hybridized carbons (Fsp3) is 0.100. The van der Waals surface area contributed by atoms with Crippen LogP contribution >= 0.6 is 0 Å². The standard InChI is InChI=1S/C20H15N3O6/c21-9-15-14-8-12(29-11-4-2-1-3-5-11)6-7-13(14)18(25)17(23-15)19(26)22-10-16(24)20(27)28/h1-8,16,24-25H,10H2,(H,22,26)(H,27,28). The van der Waals surface area contributed by atoms with Gasteiger partial charge in [-0.25, -0.2) is 9.78 Å². The fourth-order valence-electron chi connectivity index (χ4n) is 2.57. The first-order chi connectivity index (χ1) is 13.9. The van der Waals surface area contributed by atoms with E-state index in [1.807, 2.05) is 12.1 Å². The molecule has 0 aliphatic carbocycles. The van der Waals surface area contributed by atoms with Crippen molar-refractivity contribution in [3.8, 4) is 23.3 Å². The number of hydrogen-bond acceptors (Lipinski definition) is 7. The van der Waals surface area contributed by atoms with Crippen molar-refractivity contribution < 1.29 is 29.6 Å². The van der Waals surface area contributed by atoms with E-state index in [1.165, 1.54) is 12.1 Å². The van der Waals surface area contributed by atoms with E-state index >= 15 is 0 Å². The minimum atomic E-state index is -1.81. The largest absolute Gasteiger partial charge is 0.505 e. The predicted molar refractivity (Wildman–Crippen MR) is 101 cm³/mol. The third-order valence-electron chi connectivity index (χ3n) is 3.99. The second-order valence-corrected chi connectivity index (χ2v) is 5.96. The number of fused-ring (bicyclic) bond motifs is 1. The number of hydrogen-bond donors (Lipinski definition) is 4. The lowest BCUT2D eigenvalue weighted by atomic mass is 10.1. The van der Waals surface area contributed by atoms with E-state index in [-0.39, 0.29) is 16.5 Å². The number of ether oxygens (including phenoxy) is 1. The molecule has 1 unspecified atom stereocenters. The van der Waals surface area contributed by atoms with Crippen LogP contribution in [-0.2, 0) is 4.79 Å². The lowest BCUT2D eigenvalue weighted by Crippen LogP contribution is -2.36. The monoisotopic (exact) mass is 393 g/mol. The van der Waals surface area contributed by atoms with Crippen molar-refractivity contribution in [3.05, 3.63) is 59.9 Å². The van der Waals surface area contributed by atoms with Gasteiger partial charge in [-0.2, -0.15) is 5.26 Å². The first kappa shape index (κ1) is 19.6. The summed E-state index contributed by atoms with van der Waals surface area (Å²) in [5.41, 5.74) is -0.580. The number of nitrogens with zero attached hydrogens (tertiary/aromatic N) is 2. The van der Waals surface area contributed by atoms with E-state index in [1.54, 1.807) is 30.3 Å². The zero-order valence-electron chi connectivity index (χ0n) is 14.9. The Balaban J connectivity index is 1.95. The molecule has 0 spiro atoms. The summed E-state index contributed by atoms with van der Waals surface area (Å²) in [6.07, 6.45) is -1.81. The van der Waals surface area contributed by atoms with E-state index in [9.17, 15) is 25.1 Å². The lowest BCUT2D eigenvalue weighted by Gasteiger charge is -2.12. The van der Waals surface area contributed by atoms with Gasteiger partial charge in [-0.15, -0.1) is 0 Å². The predicted octanol–water partition coefficient (Wildman–Crippen LogP) is 1.78. The van der Waals surface area contributed by atoms with Gasteiger partial charge in [0.15, 0.2) is 17.5 Å². The molecule has 0 fully saturated rings. The molecule has 1 aromatic heterocycles. The fourth-order valence-corrected chi connectivity index (χ4v) is 2.57. The summed E-state index contributed by atoms with van der Waals surface area (Å²) < 4.78 is 5.71. The van der Waals surface area contributed by atoms with Crippen LogP contribution in [0.2, 0.25) is 0 Å². The number of nitriles is 1. The molecule has 0 saturated heterocycles. The number of para-hydroxylation sites is 1. The maximum atomic E-state index is 12.2. The van der Waals surface area contributed by atoms with Gasteiger partial charge >= 0.3 is 5.97 Å². The minimum Gasteiger partial charge on any atom is -0.505 e. The highest BCUT2D eigenvalue weighted by molar-refractivity contribution is 6.03. The quantitative estimate of drug-likeness (QED) is 0.494. The molecule has 9 nitrogen and oxygen atoms in total. The van der Waals surface area contributed by atoms with E-state index < -0.39 is 36.0 Å². The zero-order valence-corrected chi connectivity index (χ0v) is 14.9. The molecule has 9 heteroatoms. The summed E-state index contributed by atoms with van der Waals surface area (Å²) in [6, 6.07) is 15.4. The summed E-state index contributed by atoms with van der Waals surface area (Å²) in [5.74, 6) is -1.93. The molecule has 0 aliphatic rings. The number of carboxylic acid groups (broad SMARTS) is 1. The van der Waals surface area contributed by atoms with Crippen LogP contribution in [0.3, 0.4) is 0 Å². The number of aliphatic hydroxyl groups is 1. The van der Waals surface area contributed by atoms with Crippen LogP contribution in [-0.4, -0.2) is 44.8 Å².